The highest BCUT2D eigenvalue weighted by atomic mass is 33.1. The van der Waals surface area contributed by atoms with Gasteiger partial charge in [-0.15, -0.1) is 0 Å². The van der Waals surface area contributed by atoms with Gasteiger partial charge >= 0.3 is 24.1 Å². The molecule has 0 bridgehead atoms. The predicted octanol–water partition coefficient (Wildman–Crippen LogP) is 17.6. The van der Waals surface area contributed by atoms with E-state index in [1.54, 1.807) is 61.4 Å². The SMILES string of the molecule is C=C1C=C[C@@]2(C)C(=C1)CC[C@H]1[C@@H]3C[C@@H](C)[C@](O)(C(=O)COC(=O)OCC(=O)CCC)[C@@]3(C)C[C@H](O)[C@@]12F.C=C1C=C[C@]2(C)C(=C1)CC[C@@H]1[C@H]3C[C@H](C)[C@@](O)(C(=O)COC(=O)CCC(=O)NCCC)[C@]3(C)C[C@@H](O)[C@]12F.C=C1C=C[C@]2(C)C(=C1)CC[C@@H]1[C@H]3C[C@H](C)[C@@](O)(C(=O)COC(=O)CCC)[C@]3(C)C[C@@H](O)[C@]12F.C=C1C=C[C@]2(C)C(=C1)CC[C@@H]1[C@H]3C[C@H](C)[C@@](O)(C(=O)COC(=O)CCSSCC)[C@]3(C)C[C@@H](O)[C@]12F. The van der Waals surface area contributed by atoms with Crippen LogP contribution in [0.2, 0.25) is 0 Å². The van der Waals surface area contributed by atoms with Crippen molar-refractivity contribution in [3.63, 3.8) is 0 Å². The molecule has 0 spiro atoms. The Hall–Kier alpha value is -7.52. The van der Waals surface area contributed by atoms with Crippen LogP contribution in [0.4, 0.5) is 22.4 Å². The van der Waals surface area contributed by atoms with Crippen molar-refractivity contribution in [1.29, 1.82) is 0 Å². The standard InChI is InChI=1S/C30H42FNO6.C29H39FO7.C28H39FO5S2.C27H37FO5/c1-6-13-32-25(35)9-10-26(36)38-17-24(34)30(37)19(3)15-22-21-8-7-20-14-18(2)11-12-27(20,4)29(21,31)23(33)16-28(22,30)5;1-6-7-20(31)15-36-25(34)37-16-24(33)29(35)18(3)13-22-21-9-8-19-12-17(2)10-11-26(19,4)28(21,30)23(32)14-27(22,29)5;1-6-35-36-12-10-24(32)34-16-23(31)28(33)18(3)14-21-20-8-7-19-13-17(2)9-11-25(19,4)27(20,29)22(30)15-26(21,28)5;1-6-7-23(31)33-15-22(30)27(32)17(3)13-20-19-9-8-18-12-16(2)10-11-24(18,4)26(19,28)21(29)14-25(20,27)5/h11-12,14,19,21-23,33,37H,2,6-10,13,15-17H2,1,3-5H3,(H,32,35);10-12,18,21-23,32,35H,2,6-9,13-16H2,1,3-5H3;9,11,13,18,20-22,30,33H,2,6-8,10,12,14-16H2,1,3-5H3;10-12,17,19-21,29,32H,2,6-9,13-15H2,1,3-5H3/t19-,21+,22+,23+,27+,28+,29+,30+;18-,21+,22+,23+,26+,27+,28+,29+;18-,20+,21+,22+,25+,26+,27+,28+;17-,19+,20+,21+,24+,25+,26+,27+/m0100/s1. The van der Waals surface area contributed by atoms with E-state index in [1.807, 2.05) is 144 Å². The van der Waals surface area contributed by atoms with Gasteiger partial charge in [-0.05, 0) is 219 Å². The number of ketones is 5. The molecule has 0 radical (unpaired) electrons. The number of hydrogen-bond donors (Lipinski definition) is 9. The lowest BCUT2D eigenvalue weighted by Gasteiger charge is -2.62. The van der Waals surface area contributed by atoms with Gasteiger partial charge < -0.3 is 69.9 Å². The lowest BCUT2D eigenvalue weighted by molar-refractivity contribution is -0.219. The summed E-state index contributed by atoms with van der Waals surface area (Å²) in [7, 11) is 3.24. The summed E-state index contributed by atoms with van der Waals surface area (Å²) >= 11 is 0. The average molecular weight is 2050 g/mol. The number of carbonyl (C=O) groups is 10. The molecule has 796 valence electrons. The van der Waals surface area contributed by atoms with E-state index < -0.39 is 240 Å². The number of ether oxygens (including phenoxy) is 5. The topological polar surface area (TPSA) is 391 Å². The molecule has 30 heteroatoms. The van der Waals surface area contributed by atoms with E-state index in [2.05, 4.69) is 31.6 Å². The van der Waals surface area contributed by atoms with Crippen molar-refractivity contribution in [1.82, 2.24) is 5.32 Å². The molecular formula is C114H157F4NO23S2. The van der Waals surface area contributed by atoms with Gasteiger partial charge in [0.2, 0.25) is 29.0 Å². The third-order valence-corrected chi connectivity index (χ3v) is 41.9. The number of halogens is 4. The molecule has 9 N–H and O–H groups in total. The quantitative estimate of drug-likeness (QED) is 0.0115. The smallest absolute Gasteiger partial charge is 0.458 e. The minimum absolute atomic E-state index is 0.0300. The van der Waals surface area contributed by atoms with Crippen molar-refractivity contribution in [2.45, 2.75) is 334 Å². The van der Waals surface area contributed by atoms with Crippen LogP contribution in [0, 0.1) is 114 Å². The molecule has 0 aromatic rings. The van der Waals surface area contributed by atoms with E-state index in [-0.39, 0.29) is 93.1 Å². The molecule has 144 heavy (non-hydrogen) atoms. The van der Waals surface area contributed by atoms with Crippen LogP contribution in [-0.2, 0) is 66.8 Å². The second-order valence-corrected chi connectivity index (χ2v) is 49.6. The molecule has 16 aliphatic rings. The van der Waals surface area contributed by atoms with Gasteiger partial charge in [-0.3, -0.25) is 43.2 Å². The van der Waals surface area contributed by atoms with Crippen LogP contribution in [0.5, 0.6) is 0 Å². The van der Waals surface area contributed by atoms with Gasteiger partial charge in [0.05, 0.1) is 37.3 Å². The van der Waals surface area contributed by atoms with Gasteiger partial charge in [-0.25, -0.2) is 22.4 Å². The summed E-state index contributed by atoms with van der Waals surface area (Å²) in [6.45, 7) is 42.9. The zero-order valence-electron chi connectivity index (χ0n) is 87.2. The highest BCUT2D eigenvalue weighted by molar-refractivity contribution is 8.76. The molecule has 0 aromatic heterocycles. The Labute approximate surface area is 854 Å². The van der Waals surface area contributed by atoms with E-state index in [9.17, 15) is 88.8 Å². The summed E-state index contributed by atoms with van der Waals surface area (Å²) in [5.74, 6) is -8.44. The molecule has 0 aliphatic heterocycles. The monoisotopic (exact) mass is 2050 g/mol. The van der Waals surface area contributed by atoms with E-state index in [0.29, 0.717) is 102 Å². The Morgan fingerprint density at radius 1 is 0.368 bits per heavy atom. The van der Waals surface area contributed by atoms with Crippen LogP contribution in [-0.4, -0.2) is 220 Å². The number of carbonyl (C=O) groups excluding carboxylic acids is 10. The molecule has 16 rings (SSSR count). The summed E-state index contributed by atoms with van der Waals surface area (Å²) in [5.41, 5.74) is -16.3. The fourth-order valence-corrected chi connectivity index (χ4v) is 33.3. The molecule has 32 atom stereocenters. The third kappa shape index (κ3) is 17.8. The van der Waals surface area contributed by atoms with Crippen molar-refractivity contribution in [2.24, 2.45) is 114 Å². The summed E-state index contributed by atoms with van der Waals surface area (Å²) in [4.78, 5) is 125. The molecule has 0 saturated heterocycles. The number of aliphatic hydroxyl groups excluding tert-OH is 4. The minimum atomic E-state index is -1.96. The van der Waals surface area contributed by atoms with Crippen LogP contribution >= 0.6 is 21.6 Å². The van der Waals surface area contributed by atoms with Crippen LogP contribution in [0.15, 0.2) is 144 Å². The number of amides is 1. The van der Waals surface area contributed by atoms with Crippen LogP contribution < -0.4 is 5.32 Å². The van der Waals surface area contributed by atoms with Crippen LogP contribution in [0.25, 0.3) is 0 Å². The second kappa shape index (κ2) is 41.7. The third-order valence-electron chi connectivity index (χ3n) is 39.4. The number of aliphatic hydroxyl groups is 8. The average Bonchev–Trinajstić information content (AvgIpc) is 1.45. The summed E-state index contributed by atoms with van der Waals surface area (Å²) in [5, 5.41) is 96.0. The lowest BCUT2D eigenvalue weighted by Crippen LogP contribution is -2.69. The lowest BCUT2D eigenvalue weighted by atomic mass is 9.44. The molecule has 1 amide bonds. The summed E-state index contributed by atoms with van der Waals surface area (Å²) in [6.07, 6.45) is 24.3. The molecule has 24 nitrogen and oxygen atoms in total. The number of hydrogen-bond acceptors (Lipinski definition) is 25. The van der Waals surface area contributed by atoms with Gasteiger partial charge in [-0.1, -0.05) is 226 Å². The Balaban J connectivity index is 0.000000161. The predicted molar refractivity (Wildman–Crippen MR) is 541 cm³/mol. The zero-order chi connectivity index (χ0) is 106. The second-order valence-electron chi connectivity index (χ2n) is 46.7. The van der Waals surface area contributed by atoms with E-state index in [0.717, 1.165) is 56.8 Å². The number of alkyl halides is 4. The van der Waals surface area contributed by atoms with E-state index in [4.69, 9.17) is 23.7 Å². The first-order valence-corrected chi connectivity index (χ1v) is 54.9. The van der Waals surface area contributed by atoms with Crippen LogP contribution in [0.3, 0.4) is 0 Å². The summed E-state index contributed by atoms with van der Waals surface area (Å²) < 4.78 is 94.3. The number of esters is 3. The number of nitrogens with one attached hydrogen (secondary N) is 1. The molecular weight excluding hydrogens is 1890 g/mol. The number of allylic oxidation sites excluding steroid dienone is 20. The molecule has 0 aromatic carbocycles. The first kappa shape index (κ1) is 114. The van der Waals surface area contributed by atoms with Crippen molar-refractivity contribution in [2.75, 3.05) is 51.1 Å². The van der Waals surface area contributed by atoms with Crippen molar-refractivity contribution < 1.29 is 130 Å². The highest BCUT2D eigenvalue weighted by Crippen LogP contribution is 2.77. The Bertz CT molecular complexity index is 5370. The van der Waals surface area contributed by atoms with Gasteiger partial charge in [0, 0.05) is 104 Å². The number of Topliss-reactive ketones (excluding diaryl/α,β-unsaturated/α-hetero) is 5. The van der Waals surface area contributed by atoms with E-state index >= 15 is 17.6 Å². The maximum absolute atomic E-state index is 17.3. The Morgan fingerprint density at radius 3 is 0.917 bits per heavy atom. The molecule has 0 heterocycles. The highest BCUT2D eigenvalue weighted by Gasteiger charge is 2.81. The first-order chi connectivity index (χ1) is 67.2. The molecule has 12 saturated carbocycles. The fourth-order valence-electron chi connectivity index (χ4n) is 31.7. The minimum Gasteiger partial charge on any atom is -0.458 e. The molecule has 16 aliphatic carbocycles. The molecule has 12 fully saturated rings. The van der Waals surface area contributed by atoms with Crippen LogP contribution in [0.1, 0.15) is 265 Å². The normalized spacial score (nSPS) is 43.2. The fraction of sp³-hybridized carbons (Fsp3) is 0.702. The van der Waals surface area contributed by atoms with Gasteiger partial charge in [0.15, 0.2) is 61.5 Å². The van der Waals surface area contributed by atoms with E-state index in [1.165, 1.54) is 0 Å². The van der Waals surface area contributed by atoms with Crippen molar-refractivity contribution >= 4 is 80.5 Å². The summed E-state index contributed by atoms with van der Waals surface area (Å²) in [6, 6.07) is 0. The zero-order valence-corrected chi connectivity index (χ0v) is 88.8. The van der Waals surface area contributed by atoms with Crippen molar-refractivity contribution in [3.05, 3.63) is 144 Å². The first-order valence-electron chi connectivity index (χ1n) is 52.4. The maximum atomic E-state index is 17.3. The molecule has 0 unspecified atom stereocenters. The largest absolute Gasteiger partial charge is 0.509 e. The van der Waals surface area contributed by atoms with Gasteiger partial charge in [0.25, 0.3) is 0 Å². The number of rotatable bonds is 28. The Kier molecular flexibility index (Phi) is 32.9. The van der Waals surface area contributed by atoms with Gasteiger partial charge in [-0.2, -0.15) is 0 Å². The Morgan fingerprint density at radius 2 is 0.639 bits per heavy atom. The van der Waals surface area contributed by atoms with Gasteiger partial charge in [0.1, 0.15) is 22.4 Å². The van der Waals surface area contributed by atoms with Crippen molar-refractivity contribution in [3.8, 4) is 0 Å². The number of fused-ring (bicyclic) bond motifs is 20. The maximum Gasteiger partial charge on any atom is 0.509 e.